The summed E-state index contributed by atoms with van der Waals surface area (Å²) in [6, 6.07) is 10.7. The maximum Gasteiger partial charge on any atom is 0.244 e. The van der Waals surface area contributed by atoms with Gasteiger partial charge in [-0.2, -0.15) is 0 Å². The van der Waals surface area contributed by atoms with E-state index in [9.17, 15) is 8.42 Å². The van der Waals surface area contributed by atoms with E-state index in [0.717, 1.165) is 42.6 Å². The molecule has 0 radical (unpaired) electrons. The molecule has 188 valence electrons. The van der Waals surface area contributed by atoms with Gasteiger partial charge >= 0.3 is 0 Å². The molecule has 0 amide bonds. The second-order valence-electron chi connectivity index (χ2n) is 8.45. The van der Waals surface area contributed by atoms with E-state index in [1.807, 2.05) is 42.1 Å². The molecule has 1 aliphatic carbocycles. The molecular formula is C23H32Cl2N4O3S2. The molecule has 1 saturated carbocycles. The van der Waals surface area contributed by atoms with Crippen molar-refractivity contribution in [3.8, 4) is 5.75 Å². The molecule has 2 heterocycles. The minimum atomic E-state index is -3.73. The number of aliphatic imine (C=N–C) groups is 1. The Labute approximate surface area is 216 Å². The number of aryl methyl sites for hydroxylation is 1. The van der Waals surface area contributed by atoms with Crippen LogP contribution in [0.4, 0.5) is 0 Å². The Bertz CT molecular complexity index is 1150. The van der Waals surface area contributed by atoms with Crippen molar-refractivity contribution in [2.75, 3.05) is 12.9 Å². The van der Waals surface area contributed by atoms with Crippen molar-refractivity contribution in [2.24, 2.45) is 16.0 Å². The third kappa shape index (κ3) is 6.53. The van der Waals surface area contributed by atoms with Gasteiger partial charge in [0.1, 0.15) is 10.6 Å². The molecule has 34 heavy (non-hydrogen) atoms. The number of nitrogens with zero attached hydrogens (tertiary/aromatic N) is 2. The summed E-state index contributed by atoms with van der Waals surface area (Å²) in [5, 5.41) is 8.78. The molecule has 2 aromatic rings. The van der Waals surface area contributed by atoms with E-state index in [-0.39, 0.29) is 41.7 Å². The first-order chi connectivity index (χ1) is 15.3. The molecular weight excluding hydrogens is 515 g/mol. The van der Waals surface area contributed by atoms with Crippen LogP contribution in [0.25, 0.3) is 5.70 Å². The number of hydrogen-bond acceptors (Lipinski definition) is 6. The highest BCUT2D eigenvalue weighted by atomic mass is 35.5. The van der Waals surface area contributed by atoms with Gasteiger partial charge in [0.25, 0.3) is 0 Å². The van der Waals surface area contributed by atoms with Gasteiger partial charge in [-0.1, -0.05) is 25.0 Å². The summed E-state index contributed by atoms with van der Waals surface area (Å²) >= 11 is 0. The zero-order chi connectivity index (χ0) is 22.8. The van der Waals surface area contributed by atoms with Gasteiger partial charge in [0, 0.05) is 18.0 Å². The van der Waals surface area contributed by atoms with Crippen LogP contribution in [0.1, 0.15) is 36.9 Å². The Balaban J connectivity index is 0.00000204. The maximum absolute atomic E-state index is 13.3. The van der Waals surface area contributed by atoms with Gasteiger partial charge in [-0.05, 0) is 60.9 Å². The van der Waals surface area contributed by atoms with Crippen LogP contribution < -0.4 is 14.6 Å². The Kier molecular flexibility index (Phi) is 10.00. The number of halogens is 2. The minimum Gasteiger partial charge on any atom is -0.495 e. The van der Waals surface area contributed by atoms with E-state index in [4.69, 9.17) is 9.88 Å². The van der Waals surface area contributed by atoms with Crippen molar-refractivity contribution in [1.29, 1.82) is 0 Å². The van der Waals surface area contributed by atoms with Crippen LogP contribution >= 0.6 is 35.0 Å². The van der Waals surface area contributed by atoms with Crippen LogP contribution in [0, 0.1) is 12.8 Å². The summed E-state index contributed by atoms with van der Waals surface area (Å²) in [6.07, 6.45) is 5.53. The number of aromatic nitrogens is 1. The lowest BCUT2D eigenvalue weighted by Crippen LogP contribution is -2.44. The highest BCUT2D eigenvalue weighted by molar-refractivity contribution is 8.44. The number of ether oxygens (including phenoxy) is 1. The van der Waals surface area contributed by atoms with Crippen molar-refractivity contribution >= 4 is 56.3 Å². The minimum absolute atomic E-state index is 0. The van der Waals surface area contributed by atoms with Crippen molar-refractivity contribution in [2.45, 2.75) is 43.5 Å². The molecule has 4 rings (SSSR count). The monoisotopic (exact) mass is 546 g/mol. The van der Waals surface area contributed by atoms with Crippen molar-refractivity contribution < 1.29 is 13.2 Å². The predicted octanol–water partition coefficient (Wildman–Crippen LogP) is 4.80. The van der Waals surface area contributed by atoms with Gasteiger partial charge in [0.05, 0.1) is 24.0 Å². The number of nitrogens with one attached hydrogen (secondary N) is 1. The fourth-order valence-corrected chi connectivity index (χ4v) is 8.23. The first-order valence-electron chi connectivity index (χ1n) is 10.7. The van der Waals surface area contributed by atoms with E-state index in [1.165, 1.54) is 7.11 Å². The molecule has 1 fully saturated rings. The quantitative estimate of drug-likeness (QED) is 0.518. The van der Waals surface area contributed by atoms with E-state index in [2.05, 4.69) is 14.7 Å². The summed E-state index contributed by atoms with van der Waals surface area (Å²) in [5.74, 6) is 1.19. The highest BCUT2D eigenvalue weighted by Crippen LogP contribution is 2.49. The van der Waals surface area contributed by atoms with E-state index in [1.54, 1.807) is 18.3 Å². The molecule has 3 unspecified atom stereocenters. The average molecular weight is 548 g/mol. The van der Waals surface area contributed by atoms with Crippen LogP contribution in [0.15, 0.2) is 57.9 Å². The number of hydrogen-bond donors (Lipinski definition) is 2. The first kappa shape index (κ1) is 28.6. The molecule has 2 aliphatic rings. The number of rotatable bonds is 7. The zero-order valence-corrected chi connectivity index (χ0v) is 22.5. The molecule has 1 aromatic heterocycles. The third-order valence-electron chi connectivity index (χ3n) is 5.97. The largest absolute Gasteiger partial charge is 0.495 e. The second kappa shape index (κ2) is 11.9. The molecule has 3 atom stereocenters. The average Bonchev–Trinajstić information content (AvgIpc) is 3.17. The van der Waals surface area contributed by atoms with Gasteiger partial charge in [-0.15, -0.1) is 35.0 Å². The van der Waals surface area contributed by atoms with Gasteiger partial charge in [0.15, 0.2) is 0 Å². The standard InChI is InChI=1S/C23H30N4O3S2.2ClH/c1-17-10-11-22(30-2)23(13-17)32(28,29)27-19-8-4-3-7-18(19)14-31(24)15-21(26-16-31)20-9-5-6-12-25-20;;/h5-6,9-13,15-16,18-19,27H,3-4,7-8,14,24H2,1-2H3;2*1H. The Morgan fingerprint density at radius 3 is 2.65 bits per heavy atom. The normalized spacial score (nSPS) is 25.9. The van der Waals surface area contributed by atoms with Crippen LogP contribution in [0.3, 0.4) is 0 Å². The second-order valence-corrected chi connectivity index (χ2v) is 12.7. The number of nitrogens with two attached hydrogens (primary N) is 1. The summed E-state index contributed by atoms with van der Waals surface area (Å²) in [5.41, 5.74) is 4.31. The number of sulfonamides is 1. The SMILES string of the molecule is COc1ccc(C)cc1S(=O)(=O)NC1CCCCC1CS1(N)C=NC(c2ccccn2)=C1.Cl.Cl. The topological polar surface area (TPSA) is 107 Å². The molecule has 7 nitrogen and oxygen atoms in total. The Morgan fingerprint density at radius 2 is 1.94 bits per heavy atom. The van der Waals surface area contributed by atoms with Crippen molar-refractivity contribution in [3.05, 3.63) is 59.3 Å². The molecule has 1 aliphatic heterocycles. The Morgan fingerprint density at radius 1 is 1.18 bits per heavy atom. The van der Waals surface area contributed by atoms with Crippen molar-refractivity contribution in [1.82, 2.24) is 9.71 Å². The first-order valence-corrected chi connectivity index (χ1v) is 14.2. The molecule has 11 heteroatoms. The molecule has 0 saturated heterocycles. The Hall–Kier alpha value is -1.62. The number of benzene rings is 1. The van der Waals surface area contributed by atoms with E-state index < -0.39 is 20.2 Å². The van der Waals surface area contributed by atoms with E-state index in [0.29, 0.717) is 11.5 Å². The van der Waals surface area contributed by atoms with Crippen LogP contribution in [-0.2, 0) is 10.0 Å². The summed E-state index contributed by atoms with van der Waals surface area (Å²) in [7, 11) is -3.97. The summed E-state index contributed by atoms with van der Waals surface area (Å²) in [4.78, 5) is 9.08. The molecule has 0 spiro atoms. The van der Waals surface area contributed by atoms with Gasteiger partial charge in [0.2, 0.25) is 10.0 Å². The summed E-state index contributed by atoms with van der Waals surface area (Å²) in [6.45, 7) is 1.87. The lowest BCUT2D eigenvalue weighted by atomic mass is 9.86. The van der Waals surface area contributed by atoms with Gasteiger partial charge < -0.3 is 4.74 Å². The third-order valence-corrected chi connectivity index (χ3v) is 9.65. The highest BCUT2D eigenvalue weighted by Gasteiger charge is 2.35. The smallest absolute Gasteiger partial charge is 0.244 e. The van der Waals surface area contributed by atoms with E-state index >= 15 is 0 Å². The summed E-state index contributed by atoms with van der Waals surface area (Å²) < 4.78 is 34.8. The van der Waals surface area contributed by atoms with Crippen molar-refractivity contribution in [3.63, 3.8) is 0 Å². The number of methoxy groups -OCH3 is 1. The van der Waals surface area contributed by atoms with Gasteiger partial charge in [-0.3, -0.25) is 10.1 Å². The fourth-order valence-electron chi connectivity index (χ4n) is 4.35. The molecule has 0 bridgehead atoms. The lowest BCUT2D eigenvalue weighted by Gasteiger charge is -2.37. The molecule has 1 aromatic carbocycles. The maximum atomic E-state index is 13.3. The molecule has 3 N–H and O–H groups in total. The van der Waals surface area contributed by atoms with Crippen LogP contribution in [-0.4, -0.2) is 37.9 Å². The predicted molar refractivity (Wildman–Crippen MR) is 146 cm³/mol. The zero-order valence-electron chi connectivity index (χ0n) is 19.2. The lowest BCUT2D eigenvalue weighted by molar-refractivity contribution is 0.314. The number of pyridine rings is 1. The van der Waals surface area contributed by atoms with Crippen LogP contribution in [0.2, 0.25) is 0 Å². The van der Waals surface area contributed by atoms with Crippen LogP contribution in [0.5, 0.6) is 5.75 Å². The fraction of sp³-hybridized carbons (Fsp3) is 0.391. The van der Waals surface area contributed by atoms with Gasteiger partial charge in [-0.25, -0.2) is 18.1 Å².